The first-order valence-electron chi connectivity index (χ1n) is 7.03. The Bertz CT molecular complexity index is 480. The number of amides is 2. The maximum absolute atomic E-state index is 12.7. The minimum atomic E-state index is 0.176. The maximum Gasteiger partial charge on any atom is 0.324 e. The van der Waals surface area contributed by atoms with Gasteiger partial charge in [0.15, 0.2) is 0 Å². The number of hydrogen-bond donors (Lipinski definition) is 1. The average molecular weight is 259 g/mol. The number of fused-ring (bicyclic) bond motifs is 1. The summed E-state index contributed by atoms with van der Waals surface area (Å²) < 4.78 is 0. The van der Waals surface area contributed by atoms with E-state index >= 15 is 0 Å². The SMILES string of the molecule is Cc1cccc(C)c1N1CCC2CNCCN2C1=O. The lowest BCUT2D eigenvalue weighted by molar-refractivity contribution is 0.147. The number of rotatable bonds is 1. The van der Waals surface area contributed by atoms with E-state index in [0.29, 0.717) is 6.04 Å². The molecular formula is C15H21N3O. The number of nitrogens with zero attached hydrogens (tertiary/aromatic N) is 2. The van der Waals surface area contributed by atoms with Gasteiger partial charge in [-0.15, -0.1) is 0 Å². The van der Waals surface area contributed by atoms with Gasteiger partial charge in [-0.25, -0.2) is 4.79 Å². The second kappa shape index (κ2) is 4.85. The molecule has 0 aliphatic carbocycles. The van der Waals surface area contributed by atoms with E-state index in [9.17, 15) is 4.79 Å². The zero-order valence-corrected chi connectivity index (χ0v) is 11.6. The second-order valence-electron chi connectivity index (χ2n) is 5.51. The van der Waals surface area contributed by atoms with Gasteiger partial charge < -0.3 is 10.2 Å². The van der Waals surface area contributed by atoms with Crippen molar-refractivity contribution in [3.63, 3.8) is 0 Å². The van der Waals surface area contributed by atoms with Gasteiger partial charge in [-0.1, -0.05) is 18.2 Å². The number of carbonyl (C=O) groups is 1. The highest BCUT2D eigenvalue weighted by Crippen LogP contribution is 2.29. The molecule has 2 heterocycles. The highest BCUT2D eigenvalue weighted by molar-refractivity contribution is 5.94. The van der Waals surface area contributed by atoms with Crippen LogP contribution < -0.4 is 10.2 Å². The highest BCUT2D eigenvalue weighted by atomic mass is 16.2. The van der Waals surface area contributed by atoms with Crippen LogP contribution in [0.25, 0.3) is 0 Å². The molecule has 19 heavy (non-hydrogen) atoms. The molecule has 0 bridgehead atoms. The minimum Gasteiger partial charge on any atom is -0.319 e. The molecule has 3 rings (SSSR count). The molecular weight excluding hydrogens is 238 g/mol. The van der Waals surface area contributed by atoms with Gasteiger partial charge in [0.25, 0.3) is 0 Å². The van der Waals surface area contributed by atoms with E-state index in [1.165, 1.54) is 11.1 Å². The van der Waals surface area contributed by atoms with Crippen molar-refractivity contribution in [3.05, 3.63) is 29.3 Å². The third-order valence-electron chi connectivity index (χ3n) is 4.22. The first-order chi connectivity index (χ1) is 9.18. The molecule has 1 aromatic carbocycles. The predicted molar refractivity (Wildman–Crippen MR) is 76.6 cm³/mol. The molecule has 2 amide bonds. The number of aryl methyl sites for hydroxylation is 2. The van der Waals surface area contributed by atoms with E-state index in [-0.39, 0.29) is 6.03 Å². The molecule has 1 unspecified atom stereocenters. The Kier molecular flexibility index (Phi) is 3.19. The van der Waals surface area contributed by atoms with Crippen LogP contribution in [0.2, 0.25) is 0 Å². The summed E-state index contributed by atoms with van der Waals surface area (Å²) in [7, 11) is 0. The van der Waals surface area contributed by atoms with E-state index in [4.69, 9.17) is 0 Å². The van der Waals surface area contributed by atoms with Gasteiger partial charge in [-0.05, 0) is 31.4 Å². The van der Waals surface area contributed by atoms with Crippen LogP contribution in [0.1, 0.15) is 17.5 Å². The van der Waals surface area contributed by atoms with Gasteiger partial charge >= 0.3 is 6.03 Å². The lowest BCUT2D eigenvalue weighted by Crippen LogP contribution is -2.62. The molecule has 0 spiro atoms. The van der Waals surface area contributed by atoms with Crippen molar-refractivity contribution in [2.24, 2.45) is 0 Å². The van der Waals surface area contributed by atoms with Gasteiger partial charge in [0.05, 0.1) is 5.69 Å². The smallest absolute Gasteiger partial charge is 0.319 e. The molecule has 102 valence electrons. The summed E-state index contributed by atoms with van der Waals surface area (Å²) in [6.07, 6.45) is 1.05. The van der Waals surface area contributed by atoms with Crippen LogP contribution in [0, 0.1) is 13.8 Å². The van der Waals surface area contributed by atoms with Crippen molar-refractivity contribution in [3.8, 4) is 0 Å². The Balaban J connectivity index is 1.92. The lowest BCUT2D eigenvalue weighted by atomic mass is 10.0. The number of urea groups is 1. The van der Waals surface area contributed by atoms with E-state index in [0.717, 1.165) is 38.3 Å². The van der Waals surface area contributed by atoms with Crippen LogP contribution in [0.15, 0.2) is 18.2 Å². The van der Waals surface area contributed by atoms with E-state index < -0.39 is 0 Å². The van der Waals surface area contributed by atoms with Crippen LogP contribution in [-0.2, 0) is 0 Å². The monoisotopic (exact) mass is 259 g/mol. The number of carbonyl (C=O) groups excluding carboxylic acids is 1. The van der Waals surface area contributed by atoms with Crippen LogP contribution in [0.3, 0.4) is 0 Å². The van der Waals surface area contributed by atoms with Gasteiger partial charge in [-0.2, -0.15) is 0 Å². The van der Waals surface area contributed by atoms with Gasteiger partial charge in [-0.3, -0.25) is 4.90 Å². The molecule has 0 saturated carbocycles. The van der Waals surface area contributed by atoms with Crippen molar-refractivity contribution in [2.45, 2.75) is 26.3 Å². The summed E-state index contributed by atoms with van der Waals surface area (Å²) in [5.41, 5.74) is 3.47. The summed E-state index contributed by atoms with van der Waals surface area (Å²) in [6.45, 7) is 7.66. The third-order valence-corrected chi connectivity index (χ3v) is 4.22. The Morgan fingerprint density at radius 2 is 1.95 bits per heavy atom. The minimum absolute atomic E-state index is 0.176. The van der Waals surface area contributed by atoms with E-state index in [1.54, 1.807) is 0 Å². The molecule has 1 N–H and O–H groups in total. The molecule has 2 fully saturated rings. The fourth-order valence-corrected chi connectivity index (χ4v) is 3.24. The van der Waals surface area contributed by atoms with E-state index in [1.807, 2.05) is 9.80 Å². The normalized spacial score (nSPS) is 23.5. The molecule has 2 saturated heterocycles. The first kappa shape index (κ1) is 12.5. The van der Waals surface area contributed by atoms with Crippen LogP contribution in [0.4, 0.5) is 10.5 Å². The summed E-state index contributed by atoms with van der Waals surface area (Å²) in [5.74, 6) is 0. The van der Waals surface area contributed by atoms with Crippen molar-refractivity contribution < 1.29 is 4.79 Å². The summed E-state index contributed by atoms with van der Waals surface area (Å²) >= 11 is 0. The third kappa shape index (κ3) is 2.10. The topological polar surface area (TPSA) is 35.6 Å². The molecule has 2 aliphatic rings. The van der Waals surface area contributed by atoms with Gasteiger partial charge in [0.1, 0.15) is 0 Å². The number of nitrogens with one attached hydrogen (secondary N) is 1. The van der Waals surface area contributed by atoms with Crippen LogP contribution in [-0.4, -0.2) is 43.2 Å². The Morgan fingerprint density at radius 3 is 2.68 bits per heavy atom. The van der Waals surface area contributed by atoms with Crippen molar-refractivity contribution in [2.75, 3.05) is 31.1 Å². The number of benzene rings is 1. The molecule has 0 aromatic heterocycles. The Labute approximate surface area is 114 Å². The van der Waals surface area contributed by atoms with Crippen molar-refractivity contribution >= 4 is 11.7 Å². The number of para-hydroxylation sites is 1. The molecule has 0 radical (unpaired) electrons. The Hall–Kier alpha value is -1.55. The summed E-state index contributed by atoms with van der Waals surface area (Å²) in [4.78, 5) is 16.7. The molecule has 1 aromatic rings. The Morgan fingerprint density at radius 1 is 1.21 bits per heavy atom. The quantitative estimate of drug-likeness (QED) is 0.836. The highest BCUT2D eigenvalue weighted by Gasteiger charge is 2.36. The standard InChI is InChI=1S/C15H21N3O/c1-11-4-3-5-12(2)14(11)18-8-6-13-10-16-7-9-17(13)15(18)19/h3-5,13,16H,6-10H2,1-2H3. The molecule has 4 heteroatoms. The largest absolute Gasteiger partial charge is 0.324 e. The average Bonchev–Trinajstić information content (AvgIpc) is 2.41. The van der Waals surface area contributed by atoms with Crippen LogP contribution in [0.5, 0.6) is 0 Å². The molecule has 1 atom stereocenters. The summed E-state index contributed by atoms with van der Waals surface area (Å²) in [6, 6.07) is 6.77. The second-order valence-corrected chi connectivity index (χ2v) is 5.51. The van der Waals surface area contributed by atoms with Crippen molar-refractivity contribution in [1.82, 2.24) is 10.2 Å². The van der Waals surface area contributed by atoms with Gasteiger partial charge in [0, 0.05) is 32.2 Å². The summed E-state index contributed by atoms with van der Waals surface area (Å²) in [5, 5.41) is 3.37. The number of piperazine rings is 1. The fourth-order valence-electron chi connectivity index (χ4n) is 3.24. The molecule has 4 nitrogen and oxygen atoms in total. The fraction of sp³-hybridized carbons (Fsp3) is 0.533. The lowest BCUT2D eigenvalue weighted by Gasteiger charge is -2.44. The number of anilines is 1. The first-order valence-corrected chi connectivity index (χ1v) is 7.03. The molecule has 2 aliphatic heterocycles. The van der Waals surface area contributed by atoms with E-state index in [2.05, 4.69) is 37.4 Å². The zero-order valence-electron chi connectivity index (χ0n) is 11.6. The van der Waals surface area contributed by atoms with Crippen LogP contribution >= 0.6 is 0 Å². The predicted octanol–water partition coefficient (Wildman–Crippen LogP) is 1.91. The maximum atomic E-state index is 12.7. The van der Waals surface area contributed by atoms with Gasteiger partial charge in [0.2, 0.25) is 0 Å². The zero-order chi connectivity index (χ0) is 13.4. The van der Waals surface area contributed by atoms with Crippen molar-refractivity contribution in [1.29, 1.82) is 0 Å². The number of hydrogen-bond acceptors (Lipinski definition) is 2.